The molecule has 2 atom stereocenters. The van der Waals surface area contributed by atoms with E-state index in [4.69, 9.17) is 4.74 Å². The largest absolute Gasteiger partial charge is 0.465 e. The number of nitrogens with zero attached hydrogens (tertiary/aromatic N) is 1. The van der Waals surface area contributed by atoms with Crippen molar-refractivity contribution < 1.29 is 9.53 Å². The Balaban J connectivity index is 1.99. The van der Waals surface area contributed by atoms with Crippen LogP contribution in [-0.2, 0) is 9.53 Å². The quantitative estimate of drug-likeness (QED) is 0.576. The van der Waals surface area contributed by atoms with Gasteiger partial charge in [-0.05, 0) is 18.9 Å². The second-order valence-electron chi connectivity index (χ2n) is 3.95. The topological polar surface area (TPSA) is 38.7 Å². The molecule has 3 heteroatoms. The molecule has 0 amide bonds. The van der Waals surface area contributed by atoms with Gasteiger partial charge in [0.15, 0.2) is 0 Å². The molecule has 84 valence electrons. The van der Waals surface area contributed by atoms with Crippen molar-refractivity contribution in [3.63, 3.8) is 0 Å². The Morgan fingerprint density at radius 2 is 2.19 bits per heavy atom. The van der Waals surface area contributed by atoms with E-state index in [-0.39, 0.29) is 17.9 Å². The SMILES string of the molecule is C[C@@H](N=CC1CCOC1=O)c1ccccc1. The van der Waals surface area contributed by atoms with Crippen molar-refractivity contribution in [2.24, 2.45) is 10.9 Å². The average Bonchev–Trinajstić information content (AvgIpc) is 2.73. The third-order valence-electron chi connectivity index (χ3n) is 2.75. The molecular weight excluding hydrogens is 202 g/mol. The number of carbonyl (C=O) groups is 1. The standard InChI is InChI=1S/C13H15NO2/c1-10(11-5-3-2-4-6-11)14-9-12-7-8-16-13(12)15/h2-6,9-10,12H,7-8H2,1H3/t10-,12?/m1/s1. The number of hydrogen-bond donors (Lipinski definition) is 0. The van der Waals surface area contributed by atoms with Crippen molar-refractivity contribution in [1.82, 2.24) is 0 Å². The van der Waals surface area contributed by atoms with Crippen molar-refractivity contribution in [3.8, 4) is 0 Å². The van der Waals surface area contributed by atoms with Crippen LogP contribution in [0.25, 0.3) is 0 Å². The zero-order valence-electron chi connectivity index (χ0n) is 9.30. The van der Waals surface area contributed by atoms with Crippen LogP contribution in [-0.4, -0.2) is 18.8 Å². The lowest BCUT2D eigenvalue weighted by molar-refractivity contribution is -0.139. The third-order valence-corrected chi connectivity index (χ3v) is 2.75. The van der Waals surface area contributed by atoms with Crippen LogP contribution >= 0.6 is 0 Å². The molecule has 0 spiro atoms. The van der Waals surface area contributed by atoms with Crippen LogP contribution in [0.3, 0.4) is 0 Å². The molecule has 1 aromatic carbocycles. The number of rotatable bonds is 3. The molecule has 0 aromatic heterocycles. The van der Waals surface area contributed by atoms with Gasteiger partial charge in [0.25, 0.3) is 0 Å². The lowest BCUT2D eigenvalue weighted by Crippen LogP contribution is -2.09. The van der Waals surface area contributed by atoms with E-state index in [2.05, 4.69) is 4.99 Å². The van der Waals surface area contributed by atoms with Crippen LogP contribution in [0.2, 0.25) is 0 Å². The van der Waals surface area contributed by atoms with E-state index in [9.17, 15) is 4.79 Å². The first-order chi connectivity index (χ1) is 7.77. The van der Waals surface area contributed by atoms with E-state index in [1.807, 2.05) is 37.3 Å². The number of aliphatic imine (C=N–C) groups is 1. The van der Waals surface area contributed by atoms with Crippen molar-refractivity contribution in [2.45, 2.75) is 19.4 Å². The minimum absolute atomic E-state index is 0.0922. The van der Waals surface area contributed by atoms with Crippen LogP contribution < -0.4 is 0 Å². The summed E-state index contributed by atoms with van der Waals surface area (Å²) in [6.07, 6.45) is 2.48. The maximum atomic E-state index is 11.2. The molecule has 0 bridgehead atoms. The zero-order valence-corrected chi connectivity index (χ0v) is 9.30. The Hall–Kier alpha value is -1.64. The molecule has 1 aliphatic rings. The fraction of sp³-hybridized carbons (Fsp3) is 0.385. The zero-order chi connectivity index (χ0) is 11.4. The van der Waals surface area contributed by atoms with Gasteiger partial charge in [-0.2, -0.15) is 0 Å². The van der Waals surface area contributed by atoms with Gasteiger partial charge >= 0.3 is 5.97 Å². The maximum absolute atomic E-state index is 11.2. The second-order valence-corrected chi connectivity index (χ2v) is 3.95. The van der Waals surface area contributed by atoms with E-state index in [0.717, 1.165) is 12.0 Å². The lowest BCUT2D eigenvalue weighted by Gasteiger charge is -2.06. The molecule has 1 saturated heterocycles. The first-order valence-corrected chi connectivity index (χ1v) is 5.52. The summed E-state index contributed by atoms with van der Waals surface area (Å²) in [7, 11) is 0. The predicted molar refractivity (Wildman–Crippen MR) is 62.4 cm³/mol. The highest BCUT2D eigenvalue weighted by Crippen LogP contribution is 2.18. The van der Waals surface area contributed by atoms with Crippen LogP contribution in [0.1, 0.15) is 24.9 Å². The molecule has 1 fully saturated rings. The molecule has 0 saturated carbocycles. The fourth-order valence-corrected chi connectivity index (χ4v) is 1.70. The molecule has 0 aliphatic carbocycles. The molecule has 3 nitrogen and oxygen atoms in total. The Bertz CT molecular complexity index is 386. The van der Waals surface area contributed by atoms with Crippen molar-refractivity contribution in [2.75, 3.05) is 6.61 Å². The molecule has 1 aromatic rings. The van der Waals surface area contributed by atoms with Gasteiger partial charge in [0, 0.05) is 6.21 Å². The maximum Gasteiger partial charge on any atom is 0.314 e. The summed E-state index contributed by atoms with van der Waals surface area (Å²) in [5, 5.41) is 0. The summed E-state index contributed by atoms with van der Waals surface area (Å²) in [5.41, 5.74) is 1.16. The molecule has 0 N–H and O–H groups in total. The summed E-state index contributed by atoms with van der Waals surface area (Å²) >= 11 is 0. The Labute approximate surface area is 95.2 Å². The Kier molecular flexibility index (Phi) is 3.34. The van der Waals surface area contributed by atoms with Crippen LogP contribution in [0.4, 0.5) is 0 Å². The van der Waals surface area contributed by atoms with E-state index in [1.165, 1.54) is 0 Å². The minimum Gasteiger partial charge on any atom is -0.465 e. The Morgan fingerprint density at radius 3 is 2.81 bits per heavy atom. The third kappa shape index (κ3) is 2.48. The molecule has 16 heavy (non-hydrogen) atoms. The summed E-state index contributed by atoms with van der Waals surface area (Å²) in [6, 6.07) is 10.1. The van der Waals surface area contributed by atoms with Crippen LogP contribution in [0.5, 0.6) is 0 Å². The van der Waals surface area contributed by atoms with Gasteiger partial charge in [0.05, 0.1) is 18.6 Å². The van der Waals surface area contributed by atoms with Crippen LogP contribution in [0, 0.1) is 5.92 Å². The first-order valence-electron chi connectivity index (χ1n) is 5.52. The number of ether oxygens (including phenoxy) is 1. The first kappa shape index (κ1) is 10.9. The summed E-state index contributed by atoms with van der Waals surface area (Å²) in [6.45, 7) is 2.54. The number of esters is 1. The van der Waals surface area contributed by atoms with Gasteiger partial charge in [0.2, 0.25) is 0 Å². The van der Waals surface area contributed by atoms with Crippen LogP contribution in [0.15, 0.2) is 35.3 Å². The second kappa shape index (κ2) is 4.92. The van der Waals surface area contributed by atoms with Gasteiger partial charge in [-0.25, -0.2) is 0 Å². The monoisotopic (exact) mass is 217 g/mol. The van der Waals surface area contributed by atoms with E-state index in [0.29, 0.717) is 6.61 Å². The minimum atomic E-state index is -0.149. The van der Waals surface area contributed by atoms with Gasteiger partial charge in [-0.1, -0.05) is 30.3 Å². The summed E-state index contributed by atoms with van der Waals surface area (Å²) < 4.78 is 4.87. The van der Waals surface area contributed by atoms with Gasteiger partial charge < -0.3 is 4.74 Å². The molecular formula is C13H15NO2. The van der Waals surface area contributed by atoms with Crippen molar-refractivity contribution in [1.29, 1.82) is 0 Å². The summed E-state index contributed by atoms with van der Waals surface area (Å²) in [5.74, 6) is -0.296. The molecule has 1 unspecified atom stereocenters. The van der Waals surface area contributed by atoms with Crippen molar-refractivity contribution in [3.05, 3.63) is 35.9 Å². The molecule has 1 heterocycles. The fourth-order valence-electron chi connectivity index (χ4n) is 1.70. The molecule has 1 aliphatic heterocycles. The normalized spacial score (nSPS) is 22.3. The smallest absolute Gasteiger partial charge is 0.314 e. The highest BCUT2D eigenvalue weighted by atomic mass is 16.5. The van der Waals surface area contributed by atoms with E-state index >= 15 is 0 Å². The Morgan fingerprint density at radius 1 is 1.44 bits per heavy atom. The van der Waals surface area contributed by atoms with Crippen molar-refractivity contribution >= 4 is 12.2 Å². The predicted octanol–water partition coefficient (Wildman–Crippen LogP) is 2.38. The summed E-state index contributed by atoms with van der Waals surface area (Å²) in [4.78, 5) is 15.6. The number of cyclic esters (lactones) is 1. The highest BCUT2D eigenvalue weighted by molar-refractivity contribution is 5.91. The molecule has 2 rings (SSSR count). The average molecular weight is 217 g/mol. The number of hydrogen-bond acceptors (Lipinski definition) is 3. The number of benzene rings is 1. The van der Waals surface area contributed by atoms with Gasteiger partial charge in [0.1, 0.15) is 0 Å². The number of carbonyl (C=O) groups excluding carboxylic acids is 1. The molecule has 0 radical (unpaired) electrons. The van der Waals surface area contributed by atoms with Gasteiger partial charge in [-0.3, -0.25) is 9.79 Å². The highest BCUT2D eigenvalue weighted by Gasteiger charge is 2.24. The van der Waals surface area contributed by atoms with E-state index < -0.39 is 0 Å². The van der Waals surface area contributed by atoms with Gasteiger partial charge in [-0.15, -0.1) is 0 Å². The van der Waals surface area contributed by atoms with E-state index in [1.54, 1.807) is 6.21 Å². The lowest BCUT2D eigenvalue weighted by atomic mass is 10.1.